The van der Waals surface area contributed by atoms with E-state index in [-0.39, 0.29) is 12.5 Å². The van der Waals surface area contributed by atoms with Crippen molar-refractivity contribution in [2.24, 2.45) is 0 Å². The van der Waals surface area contributed by atoms with Gasteiger partial charge in [0.25, 0.3) is 0 Å². The minimum Gasteiger partial charge on any atom is -0.392 e. The number of amides is 1. The molecule has 0 saturated heterocycles. The van der Waals surface area contributed by atoms with E-state index in [0.717, 1.165) is 29.7 Å². The van der Waals surface area contributed by atoms with E-state index in [1.165, 1.54) is 0 Å². The second-order valence-corrected chi connectivity index (χ2v) is 3.51. The third-order valence-corrected chi connectivity index (χ3v) is 2.52. The van der Waals surface area contributed by atoms with Crippen LogP contribution >= 0.6 is 0 Å². The van der Waals surface area contributed by atoms with Gasteiger partial charge in [-0.2, -0.15) is 0 Å². The molecule has 1 amide bonds. The summed E-state index contributed by atoms with van der Waals surface area (Å²) < 4.78 is 0. The van der Waals surface area contributed by atoms with Gasteiger partial charge >= 0.3 is 0 Å². The number of nitrogens with one attached hydrogen (secondary N) is 1. The van der Waals surface area contributed by atoms with E-state index in [1.54, 1.807) is 0 Å². The largest absolute Gasteiger partial charge is 0.392 e. The van der Waals surface area contributed by atoms with Crippen LogP contribution in [0, 0.1) is 0 Å². The molecule has 1 heterocycles. The molecule has 1 aliphatic rings. The van der Waals surface area contributed by atoms with Crippen molar-refractivity contribution in [3.8, 4) is 0 Å². The molecule has 14 heavy (non-hydrogen) atoms. The highest BCUT2D eigenvalue weighted by molar-refractivity contribution is 5.93. The first-order valence-corrected chi connectivity index (χ1v) is 4.83. The van der Waals surface area contributed by atoms with E-state index in [2.05, 4.69) is 5.32 Å². The minimum atomic E-state index is -0.0244. The zero-order chi connectivity index (χ0) is 9.97. The van der Waals surface area contributed by atoms with Gasteiger partial charge in [-0.3, -0.25) is 4.79 Å². The van der Waals surface area contributed by atoms with E-state index < -0.39 is 0 Å². The number of aliphatic hydroxyl groups is 1. The lowest BCUT2D eigenvalue weighted by Gasteiger charge is -2.10. The molecule has 0 bridgehead atoms. The first kappa shape index (κ1) is 9.21. The molecule has 0 radical (unpaired) electrons. The van der Waals surface area contributed by atoms with Gasteiger partial charge in [0.1, 0.15) is 0 Å². The highest BCUT2D eigenvalue weighted by Gasteiger charge is 2.14. The number of para-hydroxylation sites is 1. The smallest absolute Gasteiger partial charge is 0.224 e. The Balaban J connectivity index is 2.45. The minimum absolute atomic E-state index is 0.0244. The van der Waals surface area contributed by atoms with Crippen molar-refractivity contribution in [3.63, 3.8) is 0 Å². The highest BCUT2D eigenvalue weighted by Crippen LogP contribution is 2.25. The van der Waals surface area contributed by atoms with Gasteiger partial charge in [-0.15, -0.1) is 0 Å². The van der Waals surface area contributed by atoms with E-state index in [1.807, 2.05) is 18.2 Å². The number of fused-ring (bicyclic) bond motifs is 1. The number of anilines is 1. The summed E-state index contributed by atoms with van der Waals surface area (Å²) in [6.45, 7) is -0.0244. The predicted molar refractivity (Wildman–Crippen MR) is 53.9 cm³/mol. The Hall–Kier alpha value is -1.35. The second kappa shape index (κ2) is 3.80. The third-order valence-electron chi connectivity index (χ3n) is 2.52. The van der Waals surface area contributed by atoms with E-state index in [4.69, 9.17) is 5.11 Å². The van der Waals surface area contributed by atoms with Crippen molar-refractivity contribution in [2.75, 3.05) is 5.32 Å². The van der Waals surface area contributed by atoms with Gasteiger partial charge in [0.15, 0.2) is 0 Å². The maximum atomic E-state index is 11.3. The molecule has 1 aromatic carbocycles. The average molecular weight is 191 g/mol. The molecular weight excluding hydrogens is 178 g/mol. The molecule has 3 nitrogen and oxygen atoms in total. The number of rotatable bonds is 1. The van der Waals surface area contributed by atoms with Gasteiger partial charge in [0.05, 0.1) is 6.61 Å². The van der Waals surface area contributed by atoms with E-state index in [0.29, 0.717) is 6.42 Å². The van der Waals surface area contributed by atoms with Crippen LogP contribution in [0.2, 0.25) is 0 Å². The Morgan fingerprint density at radius 3 is 3.00 bits per heavy atom. The van der Waals surface area contributed by atoms with Crippen molar-refractivity contribution in [2.45, 2.75) is 25.9 Å². The molecule has 0 saturated carbocycles. The van der Waals surface area contributed by atoms with Gasteiger partial charge in [-0.05, 0) is 18.4 Å². The summed E-state index contributed by atoms with van der Waals surface area (Å²) in [6.07, 6.45) is 2.36. The SMILES string of the molecule is O=C1CCCc2cccc(CO)c2N1. The van der Waals surface area contributed by atoms with Crippen LogP contribution in [0.5, 0.6) is 0 Å². The molecule has 0 aliphatic carbocycles. The first-order chi connectivity index (χ1) is 6.81. The van der Waals surface area contributed by atoms with Crippen LogP contribution in [0.4, 0.5) is 5.69 Å². The van der Waals surface area contributed by atoms with E-state index >= 15 is 0 Å². The number of hydrogen-bond acceptors (Lipinski definition) is 2. The van der Waals surface area contributed by atoms with Crippen LogP contribution in [0.3, 0.4) is 0 Å². The van der Waals surface area contributed by atoms with Crippen LogP contribution in [-0.4, -0.2) is 11.0 Å². The molecule has 74 valence electrons. The lowest BCUT2D eigenvalue weighted by molar-refractivity contribution is -0.116. The zero-order valence-corrected chi connectivity index (χ0v) is 7.92. The average Bonchev–Trinajstić information content (AvgIpc) is 2.38. The fourth-order valence-electron chi connectivity index (χ4n) is 1.80. The molecular formula is C11H13NO2. The van der Waals surface area contributed by atoms with Crippen molar-refractivity contribution >= 4 is 11.6 Å². The highest BCUT2D eigenvalue weighted by atomic mass is 16.3. The normalized spacial score (nSPS) is 15.6. The first-order valence-electron chi connectivity index (χ1n) is 4.83. The maximum Gasteiger partial charge on any atom is 0.224 e. The van der Waals surface area contributed by atoms with Gasteiger partial charge in [-0.25, -0.2) is 0 Å². The van der Waals surface area contributed by atoms with Crippen LogP contribution < -0.4 is 5.32 Å². The number of carbonyl (C=O) groups is 1. The molecule has 0 atom stereocenters. The lowest BCUT2D eigenvalue weighted by Crippen LogP contribution is -2.11. The molecule has 0 unspecified atom stereocenters. The zero-order valence-electron chi connectivity index (χ0n) is 7.92. The topological polar surface area (TPSA) is 49.3 Å². The summed E-state index contributed by atoms with van der Waals surface area (Å²) in [5.74, 6) is 0.0460. The van der Waals surface area contributed by atoms with Gasteiger partial charge in [0.2, 0.25) is 5.91 Å². The summed E-state index contributed by atoms with van der Waals surface area (Å²) in [4.78, 5) is 11.3. The van der Waals surface area contributed by atoms with Crippen molar-refractivity contribution in [1.82, 2.24) is 0 Å². The van der Waals surface area contributed by atoms with Crippen LogP contribution in [-0.2, 0) is 17.8 Å². The van der Waals surface area contributed by atoms with Crippen molar-refractivity contribution in [1.29, 1.82) is 0 Å². The van der Waals surface area contributed by atoms with Gasteiger partial charge in [0, 0.05) is 17.7 Å². The molecule has 0 spiro atoms. The number of hydrogen-bond donors (Lipinski definition) is 2. The predicted octanol–water partition coefficient (Wildman–Crippen LogP) is 1.45. The van der Waals surface area contributed by atoms with Gasteiger partial charge < -0.3 is 10.4 Å². The second-order valence-electron chi connectivity index (χ2n) is 3.51. The van der Waals surface area contributed by atoms with Crippen LogP contribution in [0.15, 0.2) is 18.2 Å². The molecule has 2 N–H and O–H groups in total. The summed E-state index contributed by atoms with van der Waals surface area (Å²) in [5, 5.41) is 12.0. The molecule has 0 fully saturated rings. The fourth-order valence-corrected chi connectivity index (χ4v) is 1.80. The molecule has 3 heteroatoms. The fraction of sp³-hybridized carbons (Fsp3) is 0.364. The molecule has 0 aromatic heterocycles. The lowest BCUT2D eigenvalue weighted by atomic mass is 10.0. The number of aliphatic hydroxyl groups excluding tert-OH is 1. The summed E-state index contributed by atoms with van der Waals surface area (Å²) in [6, 6.07) is 5.76. The Bertz CT molecular complexity index is 360. The summed E-state index contributed by atoms with van der Waals surface area (Å²) in [7, 11) is 0. The monoisotopic (exact) mass is 191 g/mol. The summed E-state index contributed by atoms with van der Waals surface area (Å²) in [5.41, 5.74) is 2.75. The Labute approximate surface area is 82.8 Å². The molecule has 2 rings (SSSR count). The number of aryl methyl sites for hydroxylation is 1. The molecule has 1 aliphatic heterocycles. The van der Waals surface area contributed by atoms with Crippen LogP contribution in [0.1, 0.15) is 24.0 Å². The Morgan fingerprint density at radius 2 is 2.21 bits per heavy atom. The molecule has 1 aromatic rings. The maximum absolute atomic E-state index is 11.3. The Kier molecular flexibility index (Phi) is 2.50. The Morgan fingerprint density at radius 1 is 1.36 bits per heavy atom. The quantitative estimate of drug-likeness (QED) is 0.706. The van der Waals surface area contributed by atoms with Crippen molar-refractivity contribution in [3.05, 3.63) is 29.3 Å². The standard InChI is InChI=1S/C11H13NO2/c13-7-9-5-1-3-8-4-2-6-10(14)12-11(8)9/h1,3,5,13H,2,4,6-7H2,(H,12,14). The van der Waals surface area contributed by atoms with Crippen molar-refractivity contribution < 1.29 is 9.90 Å². The van der Waals surface area contributed by atoms with Gasteiger partial charge in [-0.1, -0.05) is 18.2 Å². The summed E-state index contributed by atoms with van der Waals surface area (Å²) >= 11 is 0. The van der Waals surface area contributed by atoms with E-state index in [9.17, 15) is 4.79 Å². The number of carbonyl (C=O) groups excluding carboxylic acids is 1. The third kappa shape index (κ3) is 1.63. The number of benzene rings is 1. The van der Waals surface area contributed by atoms with Crippen LogP contribution in [0.25, 0.3) is 0 Å².